The van der Waals surface area contributed by atoms with Crippen LogP contribution in [-0.2, 0) is 35.2 Å². The van der Waals surface area contributed by atoms with Crippen LogP contribution in [0.2, 0.25) is 0 Å². The molecule has 7 N–H and O–H groups in total. The summed E-state index contributed by atoms with van der Waals surface area (Å²) in [4.78, 5) is 79.1. The molecule has 2 fully saturated rings. The second-order valence-corrected chi connectivity index (χ2v) is 13.0. The van der Waals surface area contributed by atoms with Crippen LogP contribution in [0.4, 0.5) is 0 Å². The number of nitrogens with zero attached hydrogens (tertiary/aromatic N) is 1. The summed E-state index contributed by atoms with van der Waals surface area (Å²) < 4.78 is 0. The summed E-state index contributed by atoms with van der Waals surface area (Å²) >= 11 is 0. The zero-order valence-corrected chi connectivity index (χ0v) is 29.5. The average molecular weight is 706 g/mol. The van der Waals surface area contributed by atoms with Crippen molar-refractivity contribution >= 4 is 35.4 Å². The Morgan fingerprint density at radius 1 is 0.941 bits per heavy atom. The number of carbonyl (C=O) groups excluding carboxylic acids is 6. The summed E-state index contributed by atoms with van der Waals surface area (Å²) in [5.41, 5.74) is -0.121. The summed E-state index contributed by atoms with van der Waals surface area (Å²) in [5.74, 6) is -3.28. The largest absolute Gasteiger partial charge is 0.393 e. The maximum Gasteiger partial charge on any atom is 0.247 e. The fourth-order valence-corrected chi connectivity index (χ4v) is 5.45. The van der Waals surface area contributed by atoms with Gasteiger partial charge in [-0.25, -0.2) is 0 Å². The molecule has 51 heavy (non-hydrogen) atoms. The smallest absolute Gasteiger partial charge is 0.247 e. The van der Waals surface area contributed by atoms with Crippen LogP contribution in [0.1, 0.15) is 58.4 Å². The van der Waals surface area contributed by atoms with Gasteiger partial charge in [0.2, 0.25) is 35.4 Å². The van der Waals surface area contributed by atoms with E-state index >= 15 is 0 Å². The molecule has 0 spiro atoms. The lowest BCUT2D eigenvalue weighted by Crippen LogP contribution is -2.59. The number of fused-ring (bicyclic) bond motifs is 2. The highest BCUT2D eigenvalue weighted by molar-refractivity contribution is 5.96. The van der Waals surface area contributed by atoms with Crippen LogP contribution in [0.15, 0.2) is 79.1 Å². The Morgan fingerprint density at radius 3 is 2.41 bits per heavy atom. The lowest BCUT2D eigenvalue weighted by Gasteiger charge is -2.31. The molecule has 1 aromatic rings. The number of carbonyl (C=O) groups is 6. The van der Waals surface area contributed by atoms with Gasteiger partial charge in [0.05, 0.1) is 11.8 Å². The van der Waals surface area contributed by atoms with Gasteiger partial charge in [-0.2, -0.15) is 0 Å². The van der Waals surface area contributed by atoms with Crippen LogP contribution < -0.4 is 31.9 Å². The van der Waals surface area contributed by atoms with Crippen LogP contribution in [0, 0.1) is 0 Å². The molecular formula is C37H51N7O7. The van der Waals surface area contributed by atoms with Crippen LogP contribution in [-0.4, -0.2) is 95.0 Å². The van der Waals surface area contributed by atoms with Gasteiger partial charge in [-0.1, -0.05) is 60.7 Å². The number of benzene rings is 1. The van der Waals surface area contributed by atoms with Crippen molar-refractivity contribution in [3.05, 3.63) is 84.6 Å². The number of hydrogen-bond acceptors (Lipinski definition) is 8. The number of hydrogen-bond donors (Lipinski definition) is 7. The van der Waals surface area contributed by atoms with E-state index in [1.54, 1.807) is 57.2 Å². The number of amides is 6. The average Bonchev–Trinajstić information content (AvgIpc) is 3.30. The second-order valence-electron chi connectivity index (χ2n) is 13.0. The molecule has 14 nitrogen and oxygen atoms in total. The van der Waals surface area contributed by atoms with Crippen LogP contribution in [0.25, 0.3) is 0 Å². The number of aliphatic hydroxyl groups excluding tert-OH is 1. The highest BCUT2D eigenvalue weighted by atomic mass is 16.3. The third-order valence-corrected chi connectivity index (χ3v) is 8.21. The SMILES string of the molecule is CC(O)CCC=CCCCC=CC=CC(=O)NC=CC(=O)NCC1NC(=O)C(Cc2ccccc2)NC(=O)CN2C(=O)C(CNC1=O)NC2(C)C. The van der Waals surface area contributed by atoms with Gasteiger partial charge in [0.1, 0.15) is 24.7 Å². The summed E-state index contributed by atoms with van der Waals surface area (Å²) in [6.45, 7) is 4.55. The third kappa shape index (κ3) is 14.4. The van der Waals surface area contributed by atoms with Crippen LogP contribution in [0.5, 0.6) is 0 Å². The van der Waals surface area contributed by atoms with Gasteiger partial charge in [-0.3, -0.25) is 34.1 Å². The topological polar surface area (TPSA) is 198 Å². The lowest BCUT2D eigenvalue weighted by atomic mass is 10.0. The molecule has 2 aliphatic rings. The minimum Gasteiger partial charge on any atom is -0.393 e. The fourth-order valence-electron chi connectivity index (χ4n) is 5.45. The zero-order valence-electron chi connectivity index (χ0n) is 29.5. The quantitative estimate of drug-likeness (QED) is 0.0596. The number of rotatable bonds is 15. The Bertz CT molecular complexity index is 1490. The Kier molecular flexibility index (Phi) is 16.3. The van der Waals surface area contributed by atoms with Crippen molar-refractivity contribution in [2.24, 2.45) is 0 Å². The maximum atomic E-state index is 13.5. The van der Waals surface area contributed by atoms with Crippen molar-refractivity contribution in [2.75, 3.05) is 19.6 Å². The standard InChI is InChI=1S/C37H51N7O7/c1-26(45)16-12-9-7-5-4-6-8-10-15-19-31(46)38-21-20-32(47)39-23-29-34(49)40-24-30-36(51)44(37(2,3)43-30)25-33(48)41-28(35(50)42-29)22-27-17-13-11-14-18-27/h7-11,13-15,17-21,26,28-30,43,45H,4-6,12,16,22-25H2,1-3H3,(H,38,46)(H,39,47)(H,40,49)(H,41,48)(H,42,50). The monoisotopic (exact) mass is 705 g/mol. The normalized spacial score (nSPS) is 22.0. The molecule has 4 unspecified atom stereocenters. The van der Waals surface area contributed by atoms with Gasteiger partial charge in [-0.15, -0.1) is 0 Å². The molecule has 0 aromatic heterocycles. The zero-order chi connectivity index (χ0) is 37.2. The van der Waals surface area contributed by atoms with E-state index in [4.69, 9.17) is 0 Å². The van der Waals surface area contributed by atoms with Crippen molar-refractivity contribution in [2.45, 2.75) is 89.2 Å². The van der Waals surface area contributed by atoms with E-state index in [-0.39, 0.29) is 38.1 Å². The Morgan fingerprint density at radius 2 is 1.67 bits per heavy atom. The van der Waals surface area contributed by atoms with E-state index in [1.165, 1.54) is 11.0 Å². The molecule has 0 aliphatic carbocycles. The van der Waals surface area contributed by atoms with Crippen molar-refractivity contribution in [1.82, 2.24) is 36.8 Å². The first-order valence-electron chi connectivity index (χ1n) is 17.3. The van der Waals surface area contributed by atoms with E-state index in [2.05, 4.69) is 44.1 Å². The molecule has 2 heterocycles. The highest BCUT2D eigenvalue weighted by Crippen LogP contribution is 2.20. The maximum absolute atomic E-state index is 13.5. The predicted molar refractivity (Wildman–Crippen MR) is 192 cm³/mol. The Balaban J connectivity index is 1.55. The molecule has 1 aromatic carbocycles. The molecule has 276 valence electrons. The molecule has 6 amide bonds. The van der Waals surface area contributed by atoms with Crippen LogP contribution >= 0.6 is 0 Å². The molecule has 2 saturated heterocycles. The van der Waals surface area contributed by atoms with Gasteiger partial charge in [0.25, 0.3) is 0 Å². The number of nitrogens with one attached hydrogen (secondary N) is 6. The molecular weight excluding hydrogens is 654 g/mol. The van der Waals surface area contributed by atoms with Crippen molar-refractivity contribution in [3.63, 3.8) is 0 Å². The number of allylic oxidation sites excluding steroid dienone is 5. The van der Waals surface area contributed by atoms with Crippen LogP contribution in [0.3, 0.4) is 0 Å². The van der Waals surface area contributed by atoms with E-state index in [0.29, 0.717) is 0 Å². The summed E-state index contributed by atoms with van der Waals surface area (Å²) in [7, 11) is 0. The second kappa shape index (κ2) is 20.6. The minimum absolute atomic E-state index is 0.107. The van der Waals surface area contributed by atoms with E-state index < -0.39 is 53.3 Å². The summed E-state index contributed by atoms with van der Waals surface area (Å²) in [6, 6.07) is 5.88. The first-order valence-corrected chi connectivity index (χ1v) is 17.3. The van der Waals surface area contributed by atoms with Gasteiger partial charge in [0.15, 0.2) is 0 Å². The fraction of sp³-hybridized carbons (Fsp3) is 0.459. The van der Waals surface area contributed by atoms with Gasteiger partial charge < -0.3 is 36.6 Å². The molecule has 14 heteroatoms. The Hall–Kier alpha value is -5.08. The molecule has 2 bridgehead atoms. The molecule has 2 aliphatic heterocycles. The highest BCUT2D eigenvalue weighted by Gasteiger charge is 2.45. The first kappa shape index (κ1) is 40.4. The van der Waals surface area contributed by atoms with E-state index in [9.17, 15) is 33.9 Å². The number of aliphatic hydroxyl groups is 1. The van der Waals surface area contributed by atoms with Gasteiger partial charge in [-0.05, 0) is 58.4 Å². The molecule has 3 rings (SSSR count). The first-order chi connectivity index (χ1) is 24.4. The molecule has 0 saturated carbocycles. The Labute approximate surface area is 299 Å². The van der Waals surface area contributed by atoms with E-state index in [1.807, 2.05) is 12.1 Å². The molecule has 4 atom stereocenters. The van der Waals surface area contributed by atoms with Crippen molar-refractivity contribution in [3.8, 4) is 0 Å². The van der Waals surface area contributed by atoms with Crippen molar-refractivity contribution in [1.29, 1.82) is 0 Å². The summed E-state index contributed by atoms with van der Waals surface area (Å²) in [5, 5.41) is 25.4. The van der Waals surface area contributed by atoms with E-state index in [0.717, 1.165) is 49.9 Å². The predicted octanol–water partition coefficient (Wildman–Crippen LogP) is 0.611. The number of unbranched alkanes of at least 4 members (excludes halogenated alkanes) is 2. The summed E-state index contributed by atoms with van der Waals surface area (Å²) in [6.07, 6.45) is 17.2. The minimum atomic E-state index is -1.25. The van der Waals surface area contributed by atoms with Gasteiger partial charge in [0, 0.05) is 37.9 Å². The lowest BCUT2D eigenvalue weighted by molar-refractivity contribution is -0.137. The van der Waals surface area contributed by atoms with Crippen molar-refractivity contribution < 1.29 is 33.9 Å². The third-order valence-electron chi connectivity index (χ3n) is 8.21. The van der Waals surface area contributed by atoms with Gasteiger partial charge >= 0.3 is 0 Å². The molecule has 0 radical (unpaired) electrons.